The molecule has 0 radical (unpaired) electrons. The van der Waals surface area contributed by atoms with E-state index in [1.165, 1.54) is 11.9 Å². The van der Waals surface area contributed by atoms with Crippen LogP contribution in [-0.2, 0) is 4.79 Å². The molecule has 7 heteroatoms. The first-order valence-electron chi connectivity index (χ1n) is 5.62. The van der Waals surface area contributed by atoms with E-state index in [1.54, 1.807) is 7.05 Å². The number of nitrogens with one attached hydrogen (secondary N) is 1. The molecular formula is C10H14N5O2+. The molecule has 1 N–H and O–H groups in total. The third-order valence-electron chi connectivity index (χ3n) is 3.39. The Morgan fingerprint density at radius 3 is 2.88 bits per heavy atom. The van der Waals surface area contributed by atoms with Gasteiger partial charge in [-0.15, -0.1) is 0 Å². The highest BCUT2D eigenvalue weighted by atomic mass is 16.2. The number of hydrogen-bond acceptors (Lipinski definition) is 4. The highest BCUT2D eigenvalue weighted by Crippen LogP contribution is 2.19. The lowest BCUT2D eigenvalue weighted by Crippen LogP contribution is -2.62. The maximum absolute atomic E-state index is 12.1. The number of urea groups is 1. The van der Waals surface area contributed by atoms with Crippen LogP contribution in [0, 0.1) is 0 Å². The lowest BCUT2D eigenvalue weighted by molar-refractivity contribution is -0.540. The maximum Gasteiger partial charge on any atom is 0.390 e. The minimum Gasteiger partial charge on any atom is -0.275 e. The van der Waals surface area contributed by atoms with Crippen LogP contribution in [0.25, 0.3) is 0 Å². The van der Waals surface area contributed by atoms with Crippen molar-refractivity contribution in [3.8, 4) is 0 Å². The SMILES string of the molecule is CN1C(=O)C2C(=NC3=[N+]2CCCN3)N(C)C1=O. The molecule has 3 aliphatic heterocycles. The second-order valence-corrected chi connectivity index (χ2v) is 4.41. The number of likely N-dealkylation sites (N-methyl/N-ethyl adjacent to an activating group) is 2. The van der Waals surface area contributed by atoms with Gasteiger partial charge in [-0.2, -0.15) is 0 Å². The van der Waals surface area contributed by atoms with Crippen molar-refractivity contribution in [2.45, 2.75) is 12.5 Å². The van der Waals surface area contributed by atoms with E-state index in [-0.39, 0.29) is 11.9 Å². The first-order valence-corrected chi connectivity index (χ1v) is 5.62. The van der Waals surface area contributed by atoms with Gasteiger partial charge in [-0.25, -0.2) is 9.37 Å². The van der Waals surface area contributed by atoms with E-state index >= 15 is 0 Å². The topological polar surface area (TPSA) is 68.0 Å². The van der Waals surface area contributed by atoms with Crippen molar-refractivity contribution >= 4 is 23.7 Å². The zero-order valence-electron chi connectivity index (χ0n) is 9.80. The minimum absolute atomic E-state index is 0.203. The largest absolute Gasteiger partial charge is 0.390 e. The molecule has 1 unspecified atom stereocenters. The van der Waals surface area contributed by atoms with E-state index in [0.29, 0.717) is 11.8 Å². The summed E-state index contributed by atoms with van der Waals surface area (Å²) in [5, 5.41) is 3.15. The molecule has 3 amide bonds. The molecule has 0 spiro atoms. The molecule has 1 saturated heterocycles. The summed E-state index contributed by atoms with van der Waals surface area (Å²) < 4.78 is 1.93. The van der Waals surface area contributed by atoms with Crippen LogP contribution in [-0.4, -0.2) is 71.3 Å². The van der Waals surface area contributed by atoms with Gasteiger partial charge >= 0.3 is 12.0 Å². The van der Waals surface area contributed by atoms with Gasteiger partial charge in [0.15, 0.2) is 0 Å². The lowest BCUT2D eigenvalue weighted by Gasteiger charge is -2.32. The number of guanidine groups is 1. The number of aliphatic imine (C=N–C) groups is 1. The van der Waals surface area contributed by atoms with Gasteiger partial charge in [-0.05, 0) is 0 Å². The summed E-state index contributed by atoms with van der Waals surface area (Å²) in [7, 11) is 3.16. The lowest BCUT2D eigenvalue weighted by atomic mass is 10.1. The number of hydrogen-bond donors (Lipinski definition) is 1. The van der Waals surface area contributed by atoms with Crippen LogP contribution in [0.4, 0.5) is 4.79 Å². The zero-order chi connectivity index (χ0) is 12.2. The molecular weight excluding hydrogens is 222 g/mol. The average molecular weight is 236 g/mol. The van der Waals surface area contributed by atoms with Gasteiger partial charge in [0.05, 0.1) is 13.1 Å². The van der Waals surface area contributed by atoms with Crippen molar-refractivity contribution in [3.63, 3.8) is 0 Å². The number of nitrogens with zero attached hydrogens (tertiary/aromatic N) is 4. The molecule has 0 aromatic rings. The zero-order valence-corrected chi connectivity index (χ0v) is 9.80. The summed E-state index contributed by atoms with van der Waals surface area (Å²) in [5.74, 6) is 1.03. The molecule has 17 heavy (non-hydrogen) atoms. The van der Waals surface area contributed by atoms with Crippen molar-refractivity contribution in [1.82, 2.24) is 15.1 Å². The number of amidine groups is 1. The van der Waals surface area contributed by atoms with E-state index < -0.39 is 6.04 Å². The molecule has 3 aliphatic rings. The summed E-state index contributed by atoms with van der Waals surface area (Å²) in [6, 6.07) is -0.768. The molecule has 90 valence electrons. The van der Waals surface area contributed by atoms with E-state index in [1.807, 2.05) is 4.58 Å². The van der Waals surface area contributed by atoms with Crippen LogP contribution in [0.2, 0.25) is 0 Å². The summed E-state index contributed by atoms with van der Waals surface area (Å²) in [5.41, 5.74) is 0. The Hall–Kier alpha value is -1.92. The quantitative estimate of drug-likeness (QED) is 0.529. The van der Waals surface area contributed by atoms with Gasteiger partial charge in [0.1, 0.15) is 0 Å². The smallest absolute Gasteiger partial charge is 0.275 e. The van der Waals surface area contributed by atoms with Crippen LogP contribution in [0.1, 0.15) is 6.42 Å². The molecule has 0 aromatic heterocycles. The summed E-state index contributed by atoms with van der Waals surface area (Å²) in [6.45, 7) is 1.65. The van der Waals surface area contributed by atoms with Crippen LogP contribution < -0.4 is 5.32 Å². The van der Waals surface area contributed by atoms with E-state index in [0.717, 1.165) is 24.4 Å². The Labute approximate surface area is 98.4 Å². The molecule has 3 heterocycles. The molecule has 0 aliphatic carbocycles. The predicted octanol–water partition coefficient (Wildman–Crippen LogP) is -1.35. The maximum atomic E-state index is 12.1. The van der Waals surface area contributed by atoms with E-state index in [9.17, 15) is 9.59 Å². The van der Waals surface area contributed by atoms with Crippen molar-refractivity contribution < 1.29 is 14.2 Å². The Balaban J connectivity index is 2.06. The molecule has 1 fully saturated rings. The number of amides is 3. The van der Waals surface area contributed by atoms with Gasteiger partial charge in [0.25, 0.3) is 5.91 Å². The third kappa shape index (κ3) is 1.22. The second kappa shape index (κ2) is 3.28. The molecule has 0 saturated carbocycles. The monoisotopic (exact) mass is 236 g/mol. The first-order chi connectivity index (χ1) is 8.11. The minimum atomic E-state index is -0.439. The Bertz CT molecular complexity index is 481. The van der Waals surface area contributed by atoms with Crippen molar-refractivity contribution in [2.24, 2.45) is 4.99 Å². The second-order valence-electron chi connectivity index (χ2n) is 4.41. The number of rotatable bonds is 0. The fourth-order valence-electron chi connectivity index (χ4n) is 2.42. The van der Waals surface area contributed by atoms with Crippen molar-refractivity contribution in [1.29, 1.82) is 0 Å². The Kier molecular flexibility index (Phi) is 1.98. The van der Waals surface area contributed by atoms with Gasteiger partial charge in [0, 0.05) is 20.5 Å². The van der Waals surface area contributed by atoms with Crippen LogP contribution in [0.15, 0.2) is 4.99 Å². The normalized spacial score (nSPS) is 27.9. The molecule has 1 atom stereocenters. The number of carbonyl (C=O) groups is 2. The Morgan fingerprint density at radius 1 is 1.35 bits per heavy atom. The highest BCUT2D eigenvalue weighted by molar-refractivity contribution is 6.22. The van der Waals surface area contributed by atoms with Crippen molar-refractivity contribution in [2.75, 3.05) is 27.2 Å². The molecule has 7 nitrogen and oxygen atoms in total. The number of carbonyl (C=O) groups excluding carboxylic acids is 2. The van der Waals surface area contributed by atoms with Crippen LogP contribution >= 0.6 is 0 Å². The van der Waals surface area contributed by atoms with Gasteiger partial charge in [-0.1, -0.05) is 4.99 Å². The number of fused-ring (bicyclic) bond motifs is 2. The molecule has 0 aromatic carbocycles. The highest BCUT2D eigenvalue weighted by Gasteiger charge is 2.51. The summed E-state index contributed by atoms with van der Waals surface area (Å²) in [4.78, 5) is 30.9. The summed E-state index contributed by atoms with van der Waals surface area (Å²) >= 11 is 0. The standard InChI is InChI=1S/C10H13N5O2/c1-13-7-6(8(16)14(2)10(13)17)15-5-3-4-11-9(15)12-7/h6H,3-5H2,1-2H3/p+1. The fraction of sp³-hybridized carbons (Fsp3) is 0.600. The first kappa shape index (κ1) is 10.2. The average Bonchev–Trinajstić information content (AvgIpc) is 2.73. The fourth-order valence-corrected chi connectivity index (χ4v) is 2.42. The van der Waals surface area contributed by atoms with Gasteiger partial charge in [-0.3, -0.25) is 19.9 Å². The van der Waals surface area contributed by atoms with E-state index in [2.05, 4.69) is 10.3 Å². The van der Waals surface area contributed by atoms with Gasteiger partial charge < -0.3 is 0 Å². The van der Waals surface area contributed by atoms with Gasteiger partial charge in [0.2, 0.25) is 11.9 Å². The van der Waals surface area contributed by atoms with Crippen molar-refractivity contribution in [3.05, 3.63) is 0 Å². The third-order valence-corrected chi connectivity index (χ3v) is 3.39. The molecule has 3 rings (SSSR count). The van der Waals surface area contributed by atoms with Crippen LogP contribution in [0.3, 0.4) is 0 Å². The van der Waals surface area contributed by atoms with Crippen LogP contribution in [0.5, 0.6) is 0 Å². The summed E-state index contributed by atoms with van der Waals surface area (Å²) in [6.07, 6.45) is 0.970. The molecule has 0 bridgehead atoms. The van der Waals surface area contributed by atoms with E-state index in [4.69, 9.17) is 0 Å². The predicted molar refractivity (Wildman–Crippen MR) is 59.9 cm³/mol. The number of imide groups is 1. The Morgan fingerprint density at radius 2 is 2.12 bits per heavy atom.